The molecule has 0 radical (unpaired) electrons. The van der Waals surface area contributed by atoms with Crippen LogP contribution in [-0.2, 0) is 15.9 Å². The van der Waals surface area contributed by atoms with Gasteiger partial charge in [0.25, 0.3) is 0 Å². The first-order valence-electron chi connectivity index (χ1n) is 8.92. The van der Waals surface area contributed by atoms with E-state index in [4.69, 9.17) is 9.47 Å². The number of Topliss-reactive ketones (excluding diaryl/α,β-unsaturated/α-hetero) is 1. The molecule has 1 aliphatic heterocycles. The topological polar surface area (TPSA) is 55.8 Å². The van der Waals surface area contributed by atoms with Gasteiger partial charge in [-0.15, -0.1) is 0 Å². The normalized spacial score (nSPS) is 21.1. The molecule has 1 heterocycles. The van der Waals surface area contributed by atoms with Gasteiger partial charge in [0.1, 0.15) is 5.60 Å². The van der Waals surface area contributed by atoms with Crippen molar-refractivity contribution in [1.29, 1.82) is 0 Å². The third kappa shape index (κ3) is 5.30. The highest BCUT2D eigenvalue weighted by Crippen LogP contribution is 2.22. The zero-order valence-corrected chi connectivity index (χ0v) is 15.9. The minimum Gasteiger partial charge on any atom is -0.444 e. The van der Waals surface area contributed by atoms with E-state index in [1.54, 1.807) is 4.90 Å². The Morgan fingerprint density at radius 3 is 2.40 bits per heavy atom. The van der Waals surface area contributed by atoms with Crippen LogP contribution < -0.4 is 0 Å². The van der Waals surface area contributed by atoms with Crippen LogP contribution >= 0.6 is 0 Å². The van der Waals surface area contributed by atoms with Crippen LogP contribution in [0, 0.1) is 0 Å². The number of aryl methyl sites for hydroxylation is 1. The number of rotatable bonds is 4. The van der Waals surface area contributed by atoms with Crippen LogP contribution in [0.4, 0.5) is 4.79 Å². The molecule has 0 saturated carbocycles. The molecule has 5 heteroatoms. The summed E-state index contributed by atoms with van der Waals surface area (Å²) in [5.74, 6) is 0.0129. The van der Waals surface area contributed by atoms with Gasteiger partial charge in [-0.25, -0.2) is 4.79 Å². The quantitative estimate of drug-likeness (QED) is 0.777. The fraction of sp³-hybridized carbons (Fsp3) is 0.600. The van der Waals surface area contributed by atoms with Crippen molar-refractivity contribution in [2.24, 2.45) is 0 Å². The van der Waals surface area contributed by atoms with E-state index in [-0.39, 0.29) is 30.4 Å². The third-order valence-electron chi connectivity index (χ3n) is 4.25. The van der Waals surface area contributed by atoms with E-state index in [0.29, 0.717) is 18.8 Å². The Bertz CT molecular complexity index is 603. The largest absolute Gasteiger partial charge is 0.444 e. The Balaban J connectivity index is 2.10. The number of nitrogens with zero attached hydrogens (tertiary/aromatic N) is 1. The number of ketones is 1. The number of hydrogen-bond donors (Lipinski definition) is 0. The number of benzene rings is 1. The maximum Gasteiger partial charge on any atom is 0.410 e. The molecule has 0 aromatic heterocycles. The van der Waals surface area contributed by atoms with Crippen LogP contribution in [0.1, 0.15) is 57.0 Å². The molecule has 1 aliphatic rings. The average Bonchev–Trinajstić information content (AvgIpc) is 2.53. The highest BCUT2D eigenvalue weighted by Gasteiger charge is 2.36. The minimum atomic E-state index is -0.570. The Labute approximate surface area is 150 Å². The maximum atomic E-state index is 12.6. The summed E-state index contributed by atoms with van der Waals surface area (Å²) in [6.07, 6.45) is 0.784. The summed E-state index contributed by atoms with van der Waals surface area (Å²) in [4.78, 5) is 26.9. The van der Waals surface area contributed by atoms with Crippen molar-refractivity contribution < 1.29 is 19.1 Å². The summed E-state index contributed by atoms with van der Waals surface area (Å²) < 4.78 is 11.1. The van der Waals surface area contributed by atoms with E-state index in [2.05, 4.69) is 6.92 Å². The highest BCUT2D eigenvalue weighted by atomic mass is 16.6. The van der Waals surface area contributed by atoms with Crippen LogP contribution in [0.25, 0.3) is 0 Å². The summed E-state index contributed by atoms with van der Waals surface area (Å²) in [6.45, 7) is 10.3. The Morgan fingerprint density at radius 1 is 1.20 bits per heavy atom. The van der Waals surface area contributed by atoms with E-state index in [0.717, 1.165) is 6.42 Å². The van der Waals surface area contributed by atoms with Gasteiger partial charge < -0.3 is 9.47 Å². The smallest absolute Gasteiger partial charge is 0.410 e. The van der Waals surface area contributed by atoms with E-state index >= 15 is 0 Å². The van der Waals surface area contributed by atoms with E-state index < -0.39 is 5.60 Å². The lowest BCUT2D eigenvalue weighted by molar-refractivity contribution is -0.0558. The van der Waals surface area contributed by atoms with Crippen LogP contribution in [0.2, 0.25) is 0 Å². The standard InChI is InChI=1S/C20H29NO4/c1-6-15-7-9-16(10-8-15)18(22)11-17-13-24-12-14(2)21(17)19(23)25-20(3,4)5/h7-10,14,17H,6,11-13H2,1-5H3. The lowest BCUT2D eigenvalue weighted by atomic mass is 10.00. The van der Waals surface area contributed by atoms with Crippen molar-refractivity contribution in [2.45, 2.75) is 65.1 Å². The van der Waals surface area contributed by atoms with Gasteiger partial charge in [-0.1, -0.05) is 31.2 Å². The van der Waals surface area contributed by atoms with Crippen molar-refractivity contribution >= 4 is 11.9 Å². The van der Waals surface area contributed by atoms with Gasteiger partial charge in [-0.2, -0.15) is 0 Å². The zero-order valence-electron chi connectivity index (χ0n) is 15.9. The molecule has 0 bridgehead atoms. The molecule has 0 N–H and O–H groups in total. The Hall–Kier alpha value is -1.88. The molecular formula is C20H29NO4. The van der Waals surface area contributed by atoms with Gasteiger partial charge >= 0.3 is 6.09 Å². The molecule has 0 aliphatic carbocycles. The SMILES string of the molecule is CCc1ccc(C(=O)CC2COCC(C)N2C(=O)OC(C)(C)C)cc1. The second-order valence-electron chi connectivity index (χ2n) is 7.61. The molecule has 2 unspecified atom stereocenters. The van der Waals surface area contributed by atoms with Crippen LogP contribution in [-0.4, -0.2) is 47.7 Å². The van der Waals surface area contributed by atoms with Gasteiger partial charge in [-0.3, -0.25) is 9.69 Å². The van der Waals surface area contributed by atoms with Crippen molar-refractivity contribution in [1.82, 2.24) is 4.90 Å². The molecule has 1 aromatic rings. The molecule has 1 saturated heterocycles. The highest BCUT2D eigenvalue weighted by molar-refractivity contribution is 5.96. The molecule has 1 fully saturated rings. The first-order valence-corrected chi connectivity index (χ1v) is 8.92. The fourth-order valence-electron chi connectivity index (χ4n) is 2.95. The number of morpholine rings is 1. The second kappa shape index (κ2) is 8.00. The lowest BCUT2D eigenvalue weighted by Crippen LogP contribution is -2.55. The fourth-order valence-corrected chi connectivity index (χ4v) is 2.95. The first-order chi connectivity index (χ1) is 11.7. The van der Waals surface area contributed by atoms with Crippen LogP contribution in [0.5, 0.6) is 0 Å². The molecule has 138 valence electrons. The van der Waals surface area contributed by atoms with E-state index in [1.807, 2.05) is 52.0 Å². The number of hydrogen-bond acceptors (Lipinski definition) is 4. The molecule has 0 spiro atoms. The molecular weight excluding hydrogens is 318 g/mol. The second-order valence-corrected chi connectivity index (χ2v) is 7.61. The molecule has 1 amide bonds. The van der Waals surface area contributed by atoms with E-state index in [1.165, 1.54) is 5.56 Å². The monoisotopic (exact) mass is 347 g/mol. The predicted octanol–water partition coefficient (Wildman–Crippen LogP) is 3.85. The molecule has 25 heavy (non-hydrogen) atoms. The minimum absolute atomic E-state index is 0.0129. The summed E-state index contributed by atoms with van der Waals surface area (Å²) in [7, 11) is 0. The lowest BCUT2D eigenvalue weighted by Gasteiger charge is -2.40. The number of amides is 1. The van der Waals surface area contributed by atoms with Gasteiger partial charge in [0, 0.05) is 12.0 Å². The van der Waals surface area contributed by atoms with Crippen LogP contribution in [0.3, 0.4) is 0 Å². The summed E-state index contributed by atoms with van der Waals surface area (Å²) in [5, 5.41) is 0. The predicted molar refractivity (Wildman–Crippen MR) is 96.9 cm³/mol. The van der Waals surface area contributed by atoms with Gasteiger partial charge in [0.2, 0.25) is 0 Å². The summed E-state index contributed by atoms with van der Waals surface area (Å²) >= 11 is 0. The van der Waals surface area contributed by atoms with E-state index in [9.17, 15) is 9.59 Å². The van der Waals surface area contributed by atoms with Crippen LogP contribution in [0.15, 0.2) is 24.3 Å². The van der Waals surface area contributed by atoms with Crippen molar-refractivity contribution in [2.75, 3.05) is 13.2 Å². The number of ether oxygens (including phenoxy) is 2. The molecule has 5 nitrogen and oxygen atoms in total. The molecule has 2 atom stereocenters. The summed E-state index contributed by atoms with van der Waals surface area (Å²) in [5.41, 5.74) is 1.29. The Morgan fingerprint density at radius 2 is 1.84 bits per heavy atom. The van der Waals surface area contributed by atoms with Crippen molar-refractivity contribution in [3.8, 4) is 0 Å². The maximum absolute atomic E-state index is 12.6. The molecule has 1 aromatic carbocycles. The molecule has 2 rings (SSSR count). The van der Waals surface area contributed by atoms with Gasteiger partial charge in [-0.05, 0) is 39.7 Å². The van der Waals surface area contributed by atoms with Crippen molar-refractivity contribution in [3.63, 3.8) is 0 Å². The Kier molecular flexibility index (Phi) is 6.22. The summed E-state index contributed by atoms with van der Waals surface area (Å²) in [6, 6.07) is 7.22. The van der Waals surface area contributed by atoms with Gasteiger partial charge in [0.05, 0.1) is 25.3 Å². The number of carbonyl (C=O) groups is 2. The third-order valence-corrected chi connectivity index (χ3v) is 4.25. The zero-order chi connectivity index (χ0) is 18.6. The van der Waals surface area contributed by atoms with Gasteiger partial charge in [0.15, 0.2) is 5.78 Å². The number of carbonyl (C=O) groups excluding carboxylic acids is 2. The van der Waals surface area contributed by atoms with Crippen molar-refractivity contribution in [3.05, 3.63) is 35.4 Å². The average molecular weight is 347 g/mol. The first kappa shape index (κ1) is 19.4.